The number of benzene rings is 2. The van der Waals surface area contributed by atoms with Crippen molar-refractivity contribution in [1.29, 1.82) is 0 Å². The van der Waals surface area contributed by atoms with E-state index in [0.29, 0.717) is 12.5 Å². The van der Waals surface area contributed by atoms with Gasteiger partial charge in [-0.3, -0.25) is 0 Å². The minimum Gasteiger partial charge on any atom is -0.396 e. The summed E-state index contributed by atoms with van der Waals surface area (Å²) in [7, 11) is 0. The maximum atomic E-state index is 13.2. The van der Waals surface area contributed by atoms with Gasteiger partial charge in [0.1, 0.15) is 5.82 Å². The van der Waals surface area contributed by atoms with E-state index in [-0.39, 0.29) is 12.4 Å². The second kappa shape index (κ2) is 6.84. The number of nitrogens with zero attached hydrogens (tertiary/aromatic N) is 3. The number of aromatic nitrogens is 2. The van der Waals surface area contributed by atoms with Gasteiger partial charge in [0.15, 0.2) is 0 Å². The maximum Gasteiger partial charge on any atom is 0.206 e. The van der Waals surface area contributed by atoms with Crippen LogP contribution in [0.3, 0.4) is 0 Å². The normalized spacial score (nSPS) is 18.0. The van der Waals surface area contributed by atoms with Gasteiger partial charge in [0.25, 0.3) is 0 Å². The second-order valence-electron chi connectivity index (χ2n) is 6.75. The molecule has 2 aromatic carbocycles. The molecule has 1 atom stereocenters. The van der Waals surface area contributed by atoms with Gasteiger partial charge in [0, 0.05) is 19.7 Å². The minimum absolute atomic E-state index is 0.217. The highest BCUT2D eigenvalue weighted by atomic mass is 19.1. The summed E-state index contributed by atoms with van der Waals surface area (Å²) < 4.78 is 15.4. The van der Waals surface area contributed by atoms with Crippen molar-refractivity contribution < 1.29 is 9.50 Å². The third-order valence-electron chi connectivity index (χ3n) is 4.95. The Morgan fingerprint density at radius 2 is 1.92 bits per heavy atom. The molecule has 1 aromatic heterocycles. The molecule has 1 fully saturated rings. The van der Waals surface area contributed by atoms with Gasteiger partial charge in [-0.25, -0.2) is 9.37 Å². The Labute approximate surface area is 146 Å². The van der Waals surface area contributed by atoms with Crippen LogP contribution in [0.15, 0.2) is 48.5 Å². The molecule has 4 rings (SSSR count). The van der Waals surface area contributed by atoms with Gasteiger partial charge >= 0.3 is 0 Å². The molecule has 0 radical (unpaired) electrons. The summed E-state index contributed by atoms with van der Waals surface area (Å²) >= 11 is 0. The van der Waals surface area contributed by atoms with Crippen LogP contribution in [0, 0.1) is 11.7 Å². The molecular formula is C20H22FN3O. The van der Waals surface area contributed by atoms with Gasteiger partial charge in [-0.15, -0.1) is 0 Å². The zero-order chi connectivity index (χ0) is 17.2. The Kier molecular flexibility index (Phi) is 4.40. The second-order valence-corrected chi connectivity index (χ2v) is 6.75. The summed E-state index contributed by atoms with van der Waals surface area (Å²) in [4.78, 5) is 7.12. The van der Waals surface area contributed by atoms with Crippen LogP contribution in [-0.4, -0.2) is 34.4 Å². The van der Waals surface area contributed by atoms with Crippen molar-refractivity contribution in [3.8, 4) is 0 Å². The summed E-state index contributed by atoms with van der Waals surface area (Å²) in [6.45, 7) is 2.64. The van der Waals surface area contributed by atoms with Gasteiger partial charge in [-0.1, -0.05) is 24.3 Å². The number of fused-ring (bicyclic) bond motifs is 1. The zero-order valence-electron chi connectivity index (χ0n) is 14.1. The van der Waals surface area contributed by atoms with Crippen LogP contribution in [-0.2, 0) is 6.54 Å². The monoisotopic (exact) mass is 339 g/mol. The zero-order valence-corrected chi connectivity index (χ0v) is 14.1. The molecule has 5 heteroatoms. The first-order valence-electron chi connectivity index (χ1n) is 8.80. The molecule has 0 spiro atoms. The Balaban J connectivity index is 1.74. The third-order valence-corrected chi connectivity index (χ3v) is 4.95. The van der Waals surface area contributed by atoms with Crippen LogP contribution in [0.5, 0.6) is 0 Å². The largest absolute Gasteiger partial charge is 0.396 e. The first-order valence-corrected chi connectivity index (χ1v) is 8.80. The van der Waals surface area contributed by atoms with Gasteiger partial charge < -0.3 is 14.6 Å². The van der Waals surface area contributed by atoms with Crippen molar-refractivity contribution >= 4 is 17.0 Å². The van der Waals surface area contributed by atoms with Crippen LogP contribution in [0.4, 0.5) is 10.3 Å². The van der Waals surface area contributed by atoms with E-state index in [0.717, 1.165) is 48.5 Å². The molecule has 0 bridgehead atoms. The lowest BCUT2D eigenvalue weighted by Gasteiger charge is -2.33. The number of aliphatic hydroxyl groups excluding tert-OH is 1. The van der Waals surface area contributed by atoms with Crippen molar-refractivity contribution in [2.75, 3.05) is 24.6 Å². The fourth-order valence-corrected chi connectivity index (χ4v) is 3.63. The van der Waals surface area contributed by atoms with E-state index in [1.54, 1.807) is 0 Å². The number of imidazole rings is 1. The van der Waals surface area contributed by atoms with E-state index >= 15 is 0 Å². The number of hydrogen-bond donors (Lipinski definition) is 1. The molecular weight excluding hydrogens is 317 g/mol. The number of hydrogen-bond acceptors (Lipinski definition) is 3. The SMILES string of the molecule is OC[C@@H]1CCCN(c2nc3ccccc3n2Cc2ccc(F)cc2)C1. The number of halogens is 1. The van der Waals surface area contributed by atoms with E-state index in [9.17, 15) is 9.50 Å². The summed E-state index contributed by atoms with van der Waals surface area (Å²) in [5, 5.41) is 9.54. The van der Waals surface area contributed by atoms with E-state index in [2.05, 4.69) is 15.5 Å². The molecule has 130 valence electrons. The van der Waals surface area contributed by atoms with Crippen LogP contribution in [0.2, 0.25) is 0 Å². The highest BCUT2D eigenvalue weighted by molar-refractivity contribution is 5.79. The molecule has 1 N–H and O–H groups in total. The van der Waals surface area contributed by atoms with Crippen molar-refractivity contribution in [2.45, 2.75) is 19.4 Å². The molecule has 0 saturated carbocycles. The molecule has 0 unspecified atom stereocenters. The molecule has 1 aliphatic heterocycles. The first kappa shape index (κ1) is 16.1. The molecule has 2 heterocycles. The average Bonchev–Trinajstić information content (AvgIpc) is 3.02. The Bertz CT molecular complexity index is 859. The van der Waals surface area contributed by atoms with Crippen molar-refractivity contribution in [2.24, 2.45) is 5.92 Å². The van der Waals surface area contributed by atoms with E-state index in [1.165, 1.54) is 12.1 Å². The highest BCUT2D eigenvalue weighted by Gasteiger charge is 2.24. The van der Waals surface area contributed by atoms with Gasteiger partial charge in [0.05, 0.1) is 17.6 Å². The average molecular weight is 339 g/mol. The summed E-state index contributed by atoms with van der Waals surface area (Å²) in [6.07, 6.45) is 2.12. The lowest BCUT2D eigenvalue weighted by molar-refractivity contribution is 0.208. The first-order chi connectivity index (χ1) is 12.2. The lowest BCUT2D eigenvalue weighted by atomic mass is 9.99. The quantitative estimate of drug-likeness (QED) is 0.792. The molecule has 25 heavy (non-hydrogen) atoms. The van der Waals surface area contributed by atoms with Gasteiger partial charge in [-0.2, -0.15) is 0 Å². The number of rotatable bonds is 4. The lowest BCUT2D eigenvalue weighted by Crippen LogP contribution is -2.38. The number of anilines is 1. The molecule has 0 aliphatic carbocycles. The Hall–Kier alpha value is -2.40. The number of piperidine rings is 1. The van der Waals surface area contributed by atoms with Crippen LogP contribution in [0.1, 0.15) is 18.4 Å². The van der Waals surface area contributed by atoms with E-state index < -0.39 is 0 Å². The van der Waals surface area contributed by atoms with E-state index in [4.69, 9.17) is 4.98 Å². The Morgan fingerprint density at radius 3 is 2.72 bits per heavy atom. The fraction of sp³-hybridized carbons (Fsp3) is 0.350. The standard InChI is InChI=1S/C20H22FN3O/c21-17-9-7-15(8-10-17)13-24-19-6-2-1-5-18(19)22-20(24)23-11-3-4-16(12-23)14-25/h1-2,5-10,16,25H,3-4,11-14H2/t16-/m1/s1. The van der Waals surface area contributed by atoms with Crippen molar-refractivity contribution in [1.82, 2.24) is 9.55 Å². The minimum atomic E-state index is -0.221. The maximum absolute atomic E-state index is 13.2. The highest BCUT2D eigenvalue weighted by Crippen LogP contribution is 2.27. The van der Waals surface area contributed by atoms with Crippen LogP contribution < -0.4 is 4.90 Å². The fourth-order valence-electron chi connectivity index (χ4n) is 3.63. The van der Waals surface area contributed by atoms with Crippen molar-refractivity contribution in [3.63, 3.8) is 0 Å². The molecule has 4 nitrogen and oxygen atoms in total. The van der Waals surface area contributed by atoms with Crippen LogP contribution in [0.25, 0.3) is 11.0 Å². The number of aliphatic hydroxyl groups is 1. The van der Waals surface area contributed by atoms with Gasteiger partial charge in [-0.05, 0) is 48.6 Å². The van der Waals surface area contributed by atoms with E-state index in [1.807, 2.05) is 30.3 Å². The predicted octanol–water partition coefficient (Wildman–Crippen LogP) is 3.43. The molecule has 1 saturated heterocycles. The number of para-hydroxylation sites is 2. The molecule has 3 aromatic rings. The van der Waals surface area contributed by atoms with Crippen LogP contribution >= 0.6 is 0 Å². The van der Waals surface area contributed by atoms with Crippen molar-refractivity contribution in [3.05, 3.63) is 59.9 Å². The summed E-state index contributed by atoms with van der Waals surface area (Å²) in [6, 6.07) is 14.7. The predicted molar refractivity (Wildman–Crippen MR) is 97.3 cm³/mol. The molecule has 1 aliphatic rings. The summed E-state index contributed by atoms with van der Waals surface area (Å²) in [5.41, 5.74) is 3.08. The smallest absolute Gasteiger partial charge is 0.206 e. The molecule has 0 amide bonds. The third kappa shape index (κ3) is 3.24. The van der Waals surface area contributed by atoms with Gasteiger partial charge in [0.2, 0.25) is 5.95 Å². The topological polar surface area (TPSA) is 41.3 Å². The Morgan fingerprint density at radius 1 is 1.12 bits per heavy atom. The summed E-state index contributed by atoms with van der Waals surface area (Å²) in [5.74, 6) is 1.01.